The molecule has 0 bridgehead atoms. The molecule has 1 aromatic carbocycles. The van der Waals surface area contributed by atoms with Crippen molar-refractivity contribution in [1.29, 1.82) is 0 Å². The predicted molar refractivity (Wildman–Crippen MR) is 144 cm³/mol. The quantitative estimate of drug-likeness (QED) is 0.598. The molecule has 0 saturated carbocycles. The summed E-state index contributed by atoms with van der Waals surface area (Å²) in [5.41, 5.74) is 3.53. The third-order valence-electron chi connectivity index (χ3n) is 8.07. The first-order chi connectivity index (χ1) is 18.2. The molecule has 4 heterocycles. The van der Waals surface area contributed by atoms with Crippen molar-refractivity contribution in [3.8, 4) is 0 Å². The average molecular weight is 528 g/mol. The number of piperazine rings is 1. The number of hydrogen-bond donors (Lipinski definition) is 1. The lowest BCUT2D eigenvalue weighted by molar-refractivity contribution is -0.121. The second kappa shape index (κ2) is 11.3. The normalized spacial score (nSPS) is 25.9. The topological polar surface area (TPSA) is 60.9 Å². The van der Waals surface area contributed by atoms with Gasteiger partial charge in [-0.25, -0.2) is 8.78 Å². The molecule has 3 atom stereocenters. The number of fused-ring (bicyclic) bond motifs is 1. The van der Waals surface area contributed by atoms with Gasteiger partial charge in [-0.15, -0.1) is 0 Å². The van der Waals surface area contributed by atoms with E-state index in [1.54, 1.807) is 12.1 Å². The Kier molecular flexibility index (Phi) is 8.09. The number of ether oxygens (including phenoxy) is 1. The Hall–Kier alpha value is -2.46. The van der Waals surface area contributed by atoms with Crippen molar-refractivity contribution in [1.82, 2.24) is 20.1 Å². The highest BCUT2D eigenvalue weighted by Crippen LogP contribution is 2.39. The molecule has 2 fully saturated rings. The van der Waals surface area contributed by atoms with Crippen LogP contribution in [0.15, 0.2) is 36.5 Å². The Morgan fingerprint density at radius 3 is 2.74 bits per heavy atom. The Labute approximate surface area is 224 Å². The average Bonchev–Trinajstić information content (AvgIpc) is 3.17. The van der Waals surface area contributed by atoms with Gasteiger partial charge in [0.05, 0.1) is 37.2 Å². The molecule has 1 N–H and O–H groups in total. The molecule has 1 amide bonds. The third kappa shape index (κ3) is 5.91. The van der Waals surface area contributed by atoms with Crippen molar-refractivity contribution in [2.45, 2.75) is 50.7 Å². The lowest BCUT2D eigenvalue weighted by atomic mass is 9.91. The van der Waals surface area contributed by atoms with Gasteiger partial charge in [0.2, 0.25) is 5.91 Å². The Balaban J connectivity index is 1.32. The number of rotatable bonds is 7. The number of carbonyl (C=O) groups excluding carboxylic acids is 1. The van der Waals surface area contributed by atoms with E-state index < -0.39 is 6.67 Å². The van der Waals surface area contributed by atoms with Crippen LogP contribution in [-0.4, -0.2) is 98.0 Å². The number of hydrogen-bond acceptors (Lipinski definition) is 6. The van der Waals surface area contributed by atoms with E-state index in [0.717, 1.165) is 35.6 Å². The predicted octanol–water partition coefficient (Wildman–Crippen LogP) is 2.77. The zero-order valence-corrected chi connectivity index (χ0v) is 22.6. The summed E-state index contributed by atoms with van der Waals surface area (Å²) in [4.78, 5) is 24.9. The van der Waals surface area contributed by atoms with Crippen LogP contribution in [0.5, 0.6) is 0 Å². The number of aromatic nitrogens is 1. The van der Waals surface area contributed by atoms with Gasteiger partial charge in [0, 0.05) is 56.4 Å². The highest BCUT2D eigenvalue weighted by Gasteiger charge is 2.41. The first-order valence-electron chi connectivity index (χ1n) is 13.6. The van der Waals surface area contributed by atoms with Crippen molar-refractivity contribution >= 4 is 11.6 Å². The maximum Gasteiger partial charge on any atom is 0.241 e. The van der Waals surface area contributed by atoms with Gasteiger partial charge in [-0.05, 0) is 42.7 Å². The summed E-state index contributed by atoms with van der Waals surface area (Å²) in [6, 6.07) is 8.71. The summed E-state index contributed by atoms with van der Waals surface area (Å²) in [6.07, 6.45) is 2.49. The Morgan fingerprint density at radius 2 is 1.97 bits per heavy atom. The van der Waals surface area contributed by atoms with Gasteiger partial charge in [-0.3, -0.25) is 19.6 Å². The van der Waals surface area contributed by atoms with E-state index in [1.165, 1.54) is 12.1 Å². The lowest BCUT2D eigenvalue weighted by Gasteiger charge is -2.44. The maximum absolute atomic E-state index is 13.8. The van der Waals surface area contributed by atoms with Crippen LogP contribution in [0.3, 0.4) is 0 Å². The molecule has 0 spiro atoms. The van der Waals surface area contributed by atoms with Crippen LogP contribution in [0.4, 0.5) is 14.5 Å². The van der Waals surface area contributed by atoms with Gasteiger partial charge >= 0.3 is 0 Å². The Morgan fingerprint density at radius 1 is 1.18 bits per heavy atom. The SMILES string of the molecule is C[C@@H]1CN(CC(=O)N2CC(C)(C)c3ncc(Cc4ccc(F)cc4)cc32)[C@@H](CN2CCOC[C@H]2CF)CN1. The lowest BCUT2D eigenvalue weighted by Crippen LogP contribution is -2.62. The molecule has 0 unspecified atom stereocenters. The summed E-state index contributed by atoms with van der Waals surface area (Å²) in [6.45, 7) is 10.8. The number of amides is 1. The standard InChI is InChI=1S/C29H39F2N5O2/c1-20-15-35(25(14-32-20)16-34-8-9-38-18-24(34)12-30)17-27(37)36-19-29(2,3)28-26(36)11-22(13-33-28)10-21-4-6-23(31)7-5-21/h4-7,11,13,20,24-25,32H,8-10,12,14-19H2,1-3H3/t20-,24-,25-/m1/s1. The molecule has 7 nitrogen and oxygen atoms in total. The number of alkyl halides is 1. The van der Waals surface area contributed by atoms with E-state index in [4.69, 9.17) is 9.72 Å². The summed E-state index contributed by atoms with van der Waals surface area (Å²) in [7, 11) is 0. The second-order valence-electron chi connectivity index (χ2n) is 11.6. The molecule has 5 rings (SSSR count). The molecule has 2 saturated heterocycles. The Bertz CT molecular complexity index is 1130. The number of nitrogens with zero attached hydrogens (tertiary/aromatic N) is 4. The van der Waals surface area contributed by atoms with Crippen LogP contribution in [-0.2, 0) is 21.4 Å². The highest BCUT2D eigenvalue weighted by atomic mass is 19.1. The minimum Gasteiger partial charge on any atom is -0.378 e. The number of benzene rings is 1. The van der Waals surface area contributed by atoms with Crippen LogP contribution >= 0.6 is 0 Å². The number of nitrogens with one attached hydrogen (secondary N) is 1. The summed E-state index contributed by atoms with van der Waals surface area (Å²) < 4.78 is 32.5. The molecule has 3 aliphatic heterocycles. The second-order valence-corrected chi connectivity index (χ2v) is 11.6. The first kappa shape index (κ1) is 27.1. The number of morpholine rings is 1. The van der Waals surface area contributed by atoms with Gasteiger partial charge in [-0.1, -0.05) is 26.0 Å². The number of anilines is 1. The fourth-order valence-corrected chi connectivity index (χ4v) is 5.94. The fraction of sp³-hybridized carbons (Fsp3) is 0.586. The molecule has 0 aliphatic carbocycles. The van der Waals surface area contributed by atoms with E-state index in [-0.39, 0.29) is 35.3 Å². The van der Waals surface area contributed by atoms with E-state index >= 15 is 0 Å². The molecule has 38 heavy (non-hydrogen) atoms. The van der Waals surface area contributed by atoms with E-state index in [0.29, 0.717) is 45.8 Å². The highest BCUT2D eigenvalue weighted by molar-refractivity contribution is 5.97. The summed E-state index contributed by atoms with van der Waals surface area (Å²) in [5, 5.41) is 3.54. The fourth-order valence-electron chi connectivity index (χ4n) is 5.94. The first-order valence-corrected chi connectivity index (χ1v) is 13.6. The molecule has 9 heteroatoms. The summed E-state index contributed by atoms with van der Waals surface area (Å²) >= 11 is 0. The van der Waals surface area contributed by atoms with E-state index in [2.05, 4.69) is 42.0 Å². The molecule has 206 valence electrons. The monoisotopic (exact) mass is 527 g/mol. The molecule has 1 aromatic heterocycles. The molecule has 2 aromatic rings. The van der Waals surface area contributed by atoms with Crippen molar-refractivity contribution < 1.29 is 18.3 Å². The minimum absolute atomic E-state index is 0.0562. The van der Waals surface area contributed by atoms with Gasteiger partial charge in [0.15, 0.2) is 0 Å². The molecule has 3 aliphatic rings. The van der Waals surface area contributed by atoms with Crippen LogP contribution < -0.4 is 10.2 Å². The minimum atomic E-state index is -0.428. The third-order valence-corrected chi connectivity index (χ3v) is 8.07. The molecule has 0 radical (unpaired) electrons. The smallest absolute Gasteiger partial charge is 0.241 e. The zero-order chi connectivity index (χ0) is 26.9. The van der Waals surface area contributed by atoms with Crippen molar-refractivity contribution in [2.24, 2.45) is 0 Å². The van der Waals surface area contributed by atoms with Gasteiger partial charge in [0.25, 0.3) is 0 Å². The van der Waals surface area contributed by atoms with Crippen LogP contribution in [0.25, 0.3) is 0 Å². The largest absolute Gasteiger partial charge is 0.378 e. The van der Waals surface area contributed by atoms with E-state index in [9.17, 15) is 13.6 Å². The van der Waals surface area contributed by atoms with Gasteiger partial charge in [-0.2, -0.15) is 0 Å². The van der Waals surface area contributed by atoms with Crippen molar-refractivity contribution in [3.05, 3.63) is 59.2 Å². The zero-order valence-electron chi connectivity index (χ0n) is 22.6. The van der Waals surface area contributed by atoms with Crippen molar-refractivity contribution in [2.75, 3.05) is 64.1 Å². The van der Waals surface area contributed by atoms with Gasteiger partial charge in [0.1, 0.15) is 12.5 Å². The number of carbonyl (C=O) groups is 1. The van der Waals surface area contributed by atoms with Crippen LogP contribution in [0, 0.1) is 5.82 Å². The molecular weight excluding hydrogens is 488 g/mol. The van der Waals surface area contributed by atoms with Crippen LogP contribution in [0.2, 0.25) is 0 Å². The maximum atomic E-state index is 13.8. The molecular formula is C29H39F2N5O2. The summed E-state index contributed by atoms with van der Waals surface area (Å²) in [5.74, 6) is -0.200. The van der Waals surface area contributed by atoms with Gasteiger partial charge < -0.3 is 15.0 Å². The number of halogens is 2. The van der Waals surface area contributed by atoms with Crippen molar-refractivity contribution in [3.63, 3.8) is 0 Å². The van der Waals surface area contributed by atoms with Crippen LogP contribution in [0.1, 0.15) is 37.6 Å². The number of pyridine rings is 1. The van der Waals surface area contributed by atoms with E-state index in [1.807, 2.05) is 11.1 Å².